The van der Waals surface area contributed by atoms with Crippen LogP contribution >= 0.6 is 0 Å². The Morgan fingerprint density at radius 2 is 1.26 bits per heavy atom. The van der Waals surface area contributed by atoms with Gasteiger partial charge in [0, 0.05) is 22.9 Å². The first kappa shape index (κ1) is 17.4. The predicted molar refractivity (Wildman–Crippen MR) is 140 cm³/mol. The van der Waals surface area contributed by atoms with Gasteiger partial charge in [-0.25, -0.2) is 0 Å². The van der Waals surface area contributed by atoms with Crippen LogP contribution in [0, 0.1) is 0 Å². The van der Waals surface area contributed by atoms with E-state index in [1.54, 1.807) is 0 Å². The number of fused-ring (bicyclic) bond motifs is 12. The van der Waals surface area contributed by atoms with Crippen molar-refractivity contribution in [2.75, 3.05) is 0 Å². The minimum Gasteiger partial charge on any atom is -0.309 e. The summed E-state index contributed by atoms with van der Waals surface area (Å²) in [5, 5.41) is 2.77. The lowest BCUT2D eigenvalue weighted by Gasteiger charge is -2.23. The molecule has 0 fully saturated rings. The van der Waals surface area contributed by atoms with Crippen molar-refractivity contribution in [3.8, 4) is 27.9 Å². The average Bonchev–Trinajstić information content (AvgIpc) is 3.53. The molecule has 0 bridgehead atoms. The van der Waals surface area contributed by atoms with Crippen LogP contribution in [0.1, 0.15) is 33.4 Å². The third-order valence-electron chi connectivity index (χ3n) is 8.41. The number of rotatable bonds is 0. The van der Waals surface area contributed by atoms with Crippen LogP contribution in [-0.4, -0.2) is 4.57 Å². The van der Waals surface area contributed by atoms with Crippen molar-refractivity contribution in [2.24, 2.45) is 0 Å². The minimum absolute atomic E-state index is 0.999. The van der Waals surface area contributed by atoms with E-state index in [0.29, 0.717) is 0 Å². The van der Waals surface area contributed by atoms with Crippen LogP contribution in [0.15, 0.2) is 91.0 Å². The third-order valence-corrected chi connectivity index (χ3v) is 8.41. The first-order valence-electron chi connectivity index (χ1n) is 12.3. The molecule has 34 heavy (non-hydrogen) atoms. The lowest BCUT2D eigenvalue weighted by molar-refractivity contribution is 1.04. The molecule has 0 radical (unpaired) electrons. The third kappa shape index (κ3) is 1.98. The Labute approximate surface area is 197 Å². The van der Waals surface area contributed by atoms with Gasteiger partial charge in [-0.1, -0.05) is 66.7 Å². The molecule has 0 unspecified atom stereocenters. The number of nitrogens with zero attached hydrogens (tertiary/aromatic N) is 1. The summed E-state index contributed by atoms with van der Waals surface area (Å²) < 4.78 is 2.53. The molecule has 0 amide bonds. The summed E-state index contributed by atoms with van der Waals surface area (Å²) in [4.78, 5) is 0. The van der Waals surface area contributed by atoms with Crippen molar-refractivity contribution in [1.29, 1.82) is 0 Å². The van der Waals surface area contributed by atoms with E-state index in [1.165, 1.54) is 83.1 Å². The van der Waals surface area contributed by atoms with Gasteiger partial charge < -0.3 is 4.57 Å². The molecular weight excluding hydrogens is 410 g/mol. The molecular formula is C33H21N. The van der Waals surface area contributed by atoms with Gasteiger partial charge in [-0.2, -0.15) is 0 Å². The summed E-state index contributed by atoms with van der Waals surface area (Å²) in [5.74, 6) is 0. The van der Waals surface area contributed by atoms with Gasteiger partial charge in [0.15, 0.2) is 0 Å². The zero-order valence-corrected chi connectivity index (χ0v) is 18.7. The molecule has 5 aromatic carbocycles. The highest BCUT2D eigenvalue weighted by Crippen LogP contribution is 2.50. The topological polar surface area (TPSA) is 4.93 Å². The SMILES string of the molecule is c1ccc2c(c1)Cc1cc3c(cc1-2)-c1c(cc2c4ccccc4n4c2c1Cc1ccccc1-4)C3. The Bertz CT molecular complexity index is 1880. The summed E-state index contributed by atoms with van der Waals surface area (Å²) in [6, 6.07) is 34.3. The van der Waals surface area contributed by atoms with Crippen molar-refractivity contribution < 1.29 is 0 Å². The van der Waals surface area contributed by atoms with Gasteiger partial charge in [0.05, 0.1) is 11.0 Å². The molecule has 0 saturated carbocycles. The average molecular weight is 432 g/mol. The number of hydrogen-bond donors (Lipinski definition) is 0. The number of aromatic nitrogens is 1. The van der Waals surface area contributed by atoms with Gasteiger partial charge in [-0.3, -0.25) is 0 Å². The molecule has 0 atom stereocenters. The predicted octanol–water partition coefficient (Wildman–Crippen LogP) is 7.83. The molecule has 9 rings (SSSR count). The van der Waals surface area contributed by atoms with Crippen molar-refractivity contribution in [2.45, 2.75) is 19.3 Å². The first-order chi connectivity index (χ1) is 16.8. The van der Waals surface area contributed by atoms with Crippen molar-refractivity contribution in [1.82, 2.24) is 4.57 Å². The maximum absolute atomic E-state index is 2.53. The van der Waals surface area contributed by atoms with Gasteiger partial charge in [0.1, 0.15) is 0 Å². The van der Waals surface area contributed by atoms with Crippen LogP contribution in [0.5, 0.6) is 0 Å². The lowest BCUT2D eigenvalue weighted by Crippen LogP contribution is -2.09. The van der Waals surface area contributed by atoms with E-state index in [1.807, 2.05) is 0 Å². The maximum atomic E-state index is 2.53. The van der Waals surface area contributed by atoms with E-state index >= 15 is 0 Å². The summed E-state index contributed by atoms with van der Waals surface area (Å²) in [6.07, 6.45) is 3.10. The van der Waals surface area contributed by atoms with Crippen LogP contribution in [0.4, 0.5) is 0 Å². The highest BCUT2D eigenvalue weighted by molar-refractivity contribution is 6.13. The summed E-state index contributed by atoms with van der Waals surface area (Å²) in [7, 11) is 0. The molecule has 3 aliphatic rings. The zero-order valence-electron chi connectivity index (χ0n) is 18.7. The first-order valence-corrected chi connectivity index (χ1v) is 12.3. The summed E-state index contributed by atoms with van der Waals surface area (Å²) >= 11 is 0. The van der Waals surface area contributed by atoms with E-state index < -0.39 is 0 Å². The molecule has 0 N–H and O–H groups in total. The molecule has 1 aromatic heterocycles. The Morgan fingerprint density at radius 1 is 0.500 bits per heavy atom. The van der Waals surface area contributed by atoms with Gasteiger partial charge >= 0.3 is 0 Å². The molecule has 6 aromatic rings. The van der Waals surface area contributed by atoms with Gasteiger partial charge in [0.25, 0.3) is 0 Å². The monoisotopic (exact) mass is 431 g/mol. The van der Waals surface area contributed by atoms with Crippen LogP contribution in [-0.2, 0) is 19.3 Å². The Hall–Kier alpha value is -4.10. The second-order valence-corrected chi connectivity index (χ2v) is 10.1. The van der Waals surface area contributed by atoms with Crippen LogP contribution < -0.4 is 0 Å². The second-order valence-electron chi connectivity index (χ2n) is 10.1. The van der Waals surface area contributed by atoms with Crippen LogP contribution in [0.25, 0.3) is 49.7 Å². The van der Waals surface area contributed by atoms with Gasteiger partial charge in [-0.15, -0.1) is 0 Å². The molecule has 2 aliphatic carbocycles. The van der Waals surface area contributed by atoms with Gasteiger partial charge in [-0.05, 0) is 92.7 Å². The number of benzene rings is 5. The highest BCUT2D eigenvalue weighted by Gasteiger charge is 2.31. The molecule has 1 heteroatoms. The highest BCUT2D eigenvalue weighted by atomic mass is 15.0. The van der Waals surface area contributed by atoms with E-state index in [4.69, 9.17) is 0 Å². The van der Waals surface area contributed by atoms with E-state index in [0.717, 1.165) is 19.3 Å². The fourth-order valence-corrected chi connectivity index (χ4v) is 7.05. The van der Waals surface area contributed by atoms with Crippen molar-refractivity contribution >= 4 is 21.8 Å². The molecule has 1 nitrogen and oxygen atoms in total. The fourth-order valence-electron chi connectivity index (χ4n) is 7.05. The normalized spacial score (nSPS) is 14.1. The molecule has 0 saturated heterocycles. The van der Waals surface area contributed by atoms with Crippen LogP contribution in [0.3, 0.4) is 0 Å². The maximum Gasteiger partial charge on any atom is 0.0582 e. The lowest BCUT2D eigenvalue weighted by atomic mass is 9.89. The largest absolute Gasteiger partial charge is 0.309 e. The Balaban J connectivity index is 1.41. The molecule has 2 heterocycles. The number of para-hydroxylation sites is 2. The molecule has 0 spiro atoms. The zero-order chi connectivity index (χ0) is 22.0. The summed E-state index contributed by atoms with van der Waals surface area (Å²) in [5.41, 5.74) is 18.8. The van der Waals surface area contributed by atoms with Crippen molar-refractivity contribution in [3.63, 3.8) is 0 Å². The fraction of sp³-hybridized carbons (Fsp3) is 0.0909. The van der Waals surface area contributed by atoms with E-state index in [-0.39, 0.29) is 0 Å². The molecule has 158 valence electrons. The van der Waals surface area contributed by atoms with Gasteiger partial charge in [0.2, 0.25) is 0 Å². The standard InChI is InChI=1S/C33H21N/c1-3-9-24-19(7-1)13-21-14-22-15-23-17-28-25-10-4-6-12-31(25)34-30-11-5-2-8-20(30)16-29(33(28)34)32(23)27(22)18-26(21)24/h1-12,14,17-18H,13,15-16H2. The Kier molecular flexibility index (Phi) is 3.00. The minimum atomic E-state index is 0.999. The van der Waals surface area contributed by atoms with E-state index in [2.05, 4.69) is 95.6 Å². The quantitative estimate of drug-likeness (QED) is 0.231. The summed E-state index contributed by atoms with van der Waals surface area (Å²) in [6.45, 7) is 0. The number of hydrogen-bond acceptors (Lipinski definition) is 0. The van der Waals surface area contributed by atoms with Crippen molar-refractivity contribution in [3.05, 3.63) is 124 Å². The Morgan fingerprint density at radius 3 is 2.24 bits per heavy atom. The van der Waals surface area contributed by atoms with Crippen LogP contribution in [0.2, 0.25) is 0 Å². The smallest absolute Gasteiger partial charge is 0.0582 e. The van der Waals surface area contributed by atoms with E-state index in [9.17, 15) is 0 Å². The molecule has 1 aliphatic heterocycles. The second kappa shape index (κ2) is 5.87.